The first-order chi connectivity index (χ1) is 6.98. The van der Waals surface area contributed by atoms with E-state index in [0.717, 1.165) is 18.7 Å². The van der Waals surface area contributed by atoms with Crippen LogP contribution in [0.2, 0.25) is 0 Å². The molecule has 0 saturated heterocycles. The molecule has 15 heavy (non-hydrogen) atoms. The molecule has 0 saturated carbocycles. The van der Waals surface area contributed by atoms with Gasteiger partial charge in [-0.25, -0.2) is 4.98 Å². The van der Waals surface area contributed by atoms with Crippen LogP contribution in [-0.2, 0) is 12.8 Å². The quantitative estimate of drug-likeness (QED) is 0.742. The molecule has 2 rings (SSSR count). The topological polar surface area (TPSA) is 54.7 Å². The summed E-state index contributed by atoms with van der Waals surface area (Å²) < 4.78 is 0. The molecule has 0 aromatic carbocycles. The molecule has 1 atom stereocenters. The third-order valence-electron chi connectivity index (χ3n) is 3.20. The number of nitrogens with zero attached hydrogens (tertiary/aromatic N) is 1. The van der Waals surface area contributed by atoms with Crippen LogP contribution in [0.5, 0.6) is 0 Å². The van der Waals surface area contributed by atoms with Crippen molar-refractivity contribution in [1.29, 1.82) is 0 Å². The number of aryl methyl sites for hydroxylation is 2. The Hall–Kier alpha value is -0.830. The monoisotopic (exact) mass is 207 g/mol. The van der Waals surface area contributed by atoms with Crippen molar-refractivity contribution in [1.82, 2.24) is 9.97 Å². The average Bonchev–Trinajstić information content (AvgIpc) is 2.58. The fourth-order valence-electron chi connectivity index (χ4n) is 2.03. The van der Waals surface area contributed by atoms with E-state index < -0.39 is 0 Å². The number of aromatic nitrogens is 2. The summed E-state index contributed by atoms with van der Waals surface area (Å²) in [4.78, 5) is 8.04. The Morgan fingerprint density at radius 1 is 1.27 bits per heavy atom. The molecular formula is C12H21N3. The van der Waals surface area contributed by atoms with Gasteiger partial charge in [0.1, 0.15) is 5.82 Å². The lowest BCUT2D eigenvalue weighted by atomic mass is 9.87. The summed E-state index contributed by atoms with van der Waals surface area (Å²) in [6.07, 6.45) is 4.79. The van der Waals surface area contributed by atoms with E-state index in [2.05, 4.69) is 30.7 Å². The number of imidazole rings is 1. The molecule has 1 heterocycles. The molecule has 0 bridgehead atoms. The molecule has 0 radical (unpaired) electrons. The van der Waals surface area contributed by atoms with Crippen LogP contribution < -0.4 is 5.73 Å². The number of H-pyrrole nitrogens is 1. The highest BCUT2D eigenvalue weighted by molar-refractivity contribution is 5.19. The van der Waals surface area contributed by atoms with E-state index in [9.17, 15) is 0 Å². The van der Waals surface area contributed by atoms with Crippen LogP contribution in [0.3, 0.4) is 0 Å². The Bertz CT molecular complexity index is 323. The Balaban J connectivity index is 2.26. The zero-order valence-electron chi connectivity index (χ0n) is 9.93. The van der Waals surface area contributed by atoms with Gasteiger partial charge in [-0.3, -0.25) is 0 Å². The minimum absolute atomic E-state index is 0.00287. The highest BCUT2D eigenvalue weighted by Gasteiger charge is 2.26. The van der Waals surface area contributed by atoms with Gasteiger partial charge < -0.3 is 10.7 Å². The van der Waals surface area contributed by atoms with E-state index >= 15 is 0 Å². The lowest BCUT2D eigenvalue weighted by molar-refractivity contribution is 0.316. The van der Waals surface area contributed by atoms with Gasteiger partial charge >= 0.3 is 0 Å². The average molecular weight is 207 g/mol. The van der Waals surface area contributed by atoms with Crippen molar-refractivity contribution in [3.05, 3.63) is 17.2 Å². The van der Waals surface area contributed by atoms with Crippen LogP contribution >= 0.6 is 0 Å². The van der Waals surface area contributed by atoms with Gasteiger partial charge in [0.2, 0.25) is 0 Å². The van der Waals surface area contributed by atoms with Crippen LogP contribution in [0.25, 0.3) is 0 Å². The van der Waals surface area contributed by atoms with Gasteiger partial charge in [0.25, 0.3) is 0 Å². The summed E-state index contributed by atoms with van der Waals surface area (Å²) in [5.74, 6) is 0.967. The first-order valence-electron chi connectivity index (χ1n) is 5.82. The minimum Gasteiger partial charge on any atom is -0.344 e. The Morgan fingerprint density at radius 2 is 1.93 bits per heavy atom. The standard InChI is InChI=1S/C12H21N3/c1-12(2,3)10(13)11-14-8-6-4-5-7-9(8)15-11/h10H,4-7,13H2,1-3H3,(H,14,15)/t10-/m1/s1. The number of hydrogen-bond acceptors (Lipinski definition) is 2. The maximum atomic E-state index is 6.19. The van der Waals surface area contributed by atoms with Gasteiger partial charge in [0.05, 0.1) is 11.7 Å². The summed E-state index contributed by atoms with van der Waals surface area (Å²) in [6, 6.07) is 0.00287. The third kappa shape index (κ3) is 2.07. The maximum absolute atomic E-state index is 6.19. The van der Waals surface area contributed by atoms with E-state index in [1.807, 2.05) is 0 Å². The van der Waals surface area contributed by atoms with Crippen LogP contribution in [-0.4, -0.2) is 9.97 Å². The van der Waals surface area contributed by atoms with Crippen molar-refractivity contribution in [3.8, 4) is 0 Å². The highest BCUT2D eigenvalue weighted by atomic mass is 15.0. The minimum atomic E-state index is 0.00287. The Kier molecular flexibility index (Phi) is 2.59. The highest BCUT2D eigenvalue weighted by Crippen LogP contribution is 2.30. The number of aromatic amines is 1. The number of nitrogens with two attached hydrogens (primary N) is 1. The van der Waals surface area contributed by atoms with Crippen molar-refractivity contribution in [2.45, 2.75) is 52.5 Å². The predicted octanol–water partition coefficient (Wildman–Crippen LogP) is 2.33. The van der Waals surface area contributed by atoms with E-state index in [1.54, 1.807) is 0 Å². The van der Waals surface area contributed by atoms with E-state index in [1.165, 1.54) is 24.2 Å². The molecule has 0 amide bonds. The van der Waals surface area contributed by atoms with Crippen LogP contribution in [0.4, 0.5) is 0 Å². The maximum Gasteiger partial charge on any atom is 0.124 e. The molecule has 0 spiro atoms. The summed E-state index contributed by atoms with van der Waals surface area (Å²) in [5, 5.41) is 0. The number of fused-ring (bicyclic) bond motifs is 1. The first-order valence-corrected chi connectivity index (χ1v) is 5.82. The van der Waals surface area contributed by atoms with E-state index in [4.69, 9.17) is 5.73 Å². The molecule has 3 heteroatoms. The molecule has 3 nitrogen and oxygen atoms in total. The van der Waals surface area contributed by atoms with Gasteiger partial charge in [0.15, 0.2) is 0 Å². The van der Waals surface area contributed by atoms with Gasteiger partial charge in [-0.1, -0.05) is 20.8 Å². The largest absolute Gasteiger partial charge is 0.344 e. The fraction of sp³-hybridized carbons (Fsp3) is 0.750. The summed E-state index contributed by atoms with van der Waals surface area (Å²) in [7, 11) is 0. The molecule has 3 N–H and O–H groups in total. The van der Waals surface area contributed by atoms with Gasteiger partial charge in [-0.05, 0) is 31.1 Å². The lowest BCUT2D eigenvalue weighted by Crippen LogP contribution is -2.27. The second-order valence-corrected chi connectivity index (χ2v) is 5.60. The second-order valence-electron chi connectivity index (χ2n) is 5.60. The SMILES string of the molecule is CC(C)(C)[C@H](N)c1nc2c([nH]1)CCCC2. The van der Waals surface area contributed by atoms with E-state index in [0.29, 0.717) is 0 Å². The molecule has 0 unspecified atom stereocenters. The van der Waals surface area contributed by atoms with Crippen molar-refractivity contribution in [2.75, 3.05) is 0 Å². The molecule has 1 aromatic rings. The van der Waals surface area contributed by atoms with Crippen molar-refractivity contribution >= 4 is 0 Å². The van der Waals surface area contributed by atoms with Crippen molar-refractivity contribution in [3.63, 3.8) is 0 Å². The first kappa shape index (κ1) is 10.7. The fourth-order valence-corrected chi connectivity index (χ4v) is 2.03. The van der Waals surface area contributed by atoms with Gasteiger partial charge in [0, 0.05) is 5.69 Å². The lowest BCUT2D eigenvalue weighted by Gasteiger charge is -2.24. The van der Waals surface area contributed by atoms with Crippen molar-refractivity contribution in [2.24, 2.45) is 11.1 Å². The summed E-state index contributed by atoms with van der Waals surface area (Å²) in [5.41, 5.74) is 8.82. The molecule has 1 aromatic heterocycles. The number of rotatable bonds is 1. The van der Waals surface area contributed by atoms with Crippen molar-refractivity contribution < 1.29 is 0 Å². The molecule has 1 aliphatic rings. The summed E-state index contributed by atoms with van der Waals surface area (Å²) in [6.45, 7) is 6.46. The Morgan fingerprint density at radius 3 is 2.53 bits per heavy atom. The smallest absolute Gasteiger partial charge is 0.124 e. The van der Waals surface area contributed by atoms with Gasteiger partial charge in [-0.2, -0.15) is 0 Å². The normalized spacial score (nSPS) is 18.7. The van der Waals surface area contributed by atoms with Gasteiger partial charge in [-0.15, -0.1) is 0 Å². The third-order valence-corrected chi connectivity index (χ3v) is 3.20. The molecule has 0 fully saturated rings. The zero-order chi connectivity index (χ0) is 11.1. The Labute approximate surface area is 91.5 Å². The molecule has 0 aliphatic heterocycles. The van der Waals surface area contributed by atoms with Crippen LogP contribution in [0.15, 0.2) is 0 Å². The molecular weight excluding hydrogens is 186 g/mol. The number of hydrogen-bond donors (Lipinski definition) is 2. The molecule has 1 aliphatic carbocycles. The summed E-state index contributed by atoms with van der Waals surface area (Å²) >= 11 is 0. The van der Waals surface area contributed by atoms with Crippen LogP contribution in [0, 0.1) is 5.41 Å². The predicted molar refractivity (Wildman–Crippen MR) is 61.6 cm³/mol. The van der Waals surface area contributed by atoms with E-state index in [-0.39, 0.29) is 11.5 Å². The zero-order valence-corrected chi connectivity index (χ0v) is 9.93. The second kappa shape index (κ2) is 3.63. The van der Waals surface area contributed by atoms with Crippen LogP contribution in [0.1, 0.15) is 56.9 Å². The number of nitrogens with one attached hydrogen (secondary N) is 1. The molecule has 84 valence electrons.